The third-order valence-corrected chi connectivity index (χ3v) is 2.94. The lowest BCUT2D eigenvalue weighted by Gasteiger charge is -2.11. The minimum Gasteiger partial charge on any atom is -0.488 e. The second-order valence-electron chi connectivity index (χ2n) is 4.36. The lowest BCUT2D eigenvalue weighted by molar-refractivity contribution is 0.0711. The number of para-hydroxylation sites is 1. The summed E-state index contributed by atoms with van der Waals surface area (Å²) in [4.78, 5) is 0. The molecule has 0 spiro atoms. The third-order valence-electron chi connectivity index (χ3n) is 2.94. The second-order valence-corrected chi connectivity index (χ2v) is 4.36. The standard InChI is InChI=1S/C14H21NO3/c1-16-8-9-17-7-6-15-11-13-10-12-4-2-3-5-14(12)18-13/h2-5,13,15H,6-11H2,1H3. The molecule has 1 atom stereocenters. The van der Waals surface area contributed by atoms with Crippen LogP contribution in [-0.4, -0.2) is 46.1 Å². The van der Waals surface area contributed by atoms with E-state index in [-0.39, 0.29) is 6.10 Å². The summed E-state index contributed by atoms with van der Waals surface area (Å²) in [5.74, 6) is 1.03. The summed E-state index contributed by atoms with van der Waals surface area (Å²) >= 11 is 0. The molecular weight excluding hydrogens is 230 g/mol. The van der Waals surface area contributed by atoms with E-state index in [1.165, 1.54) is 5.56 Å². The minimum absolute atomic E-state index is 0.251. The number of ether oxygens (including phenoxy) is 3. The molecule has 0 saturated heterocycles. The number of nitrogens with one attached hydrogen (secondary N) is 1. The van der Waals surface area contributed by atoms with Gasteiger partial charge in [0.25, 0.3) is 0 Å². The maximum Gasteiger partial charge on any atom is 0.123 e. The largest absolute Gasteiger partial charge is 0.488 e. The first-order valence-electron chi connectivity index (χ1n) is 6.42. The molecule has 0 aromatic heterocycles. The summed E-state index contributed by atoms with van der Waals surface area (Å²) in [6, 6.07) is 8.23. The van der Waals surface area contributed by atoms with Gasteiger partial charge in [0.15, 0.2) is 0 Å². The molecule has 2 rings (SSSR count). The van der Waals surface area contributed by atoms with Crippen LogP contribution in [-0.2, 0) is 15.9 Å². The Bertz CT molecular complexity index is 332. The van der Waals surface area contributed by atoms with E-state index in [1.807, 2.05) is 12.1 Å². The zero-order valence-electron chi connectivity index (χ0n) is 10.9. The Morgan fingerprint density at radius 1 is 1.28 bits per heavy atom. The summed E-state index contributed by atoms with van der Waals surface area (Å²) in [5.41, 5.74) is 1.31. The Balaban J connectivity index is 1.54. The van der Waals surface area contributed by atoms with Crippen LogP contribution >= 0.6 is 0 Å². The Morgan fingerprint density at radius 3 is 3.00 bits per heavy atom. The molecule has 4 heteroatoms. The molecule has 0 aliphatic carbocycles. The van der Waals surface area contributed by atoms with E-state index in [1.54, 1.807) is 7.11 Å². The van der Waals surface area contributed by atoms with Crippen molar-refractivity contribution in [3.8, 4) is 5.75 Å². The van der Waals surface area contributed by atoms with Gasteiger partial charge in [0.05, 0.1) is 19.8 Å². The molecule has 1 N–H and O–H groups in total. The molecule has 0 saturated carbocycles. The summed E-state index contributed by atoms with van der Waals surface area (Å²) in [6.45, 7) is 3.73. The van der Waals surface area contributed by atoms with Gasteiger partial charge in [-0.05, 0) is 11.6 Å². The number of rotatable bonds is 8. The summed E-state index contributed by atoms with van der Waals surface area (Å²) in [6.07, 6.45) is 1.25. The Morgan fingerprint density at radius 2 is 2.17 bits per heavy atom. The Hall–Kier alpha value is -1.10. The summed E-state index contributed by atoms with van der Waals surface area (Å²) in [5, 5.41) is 3.35. The highest BCUT2D eigenvalue weighted by Crippen LogP contribution is 2.27. The molecule has 1 aromatic rings. The molecule has 0 fully saturated rings. The normalized spacial score (nSPS) is 17.5. The van der Waals surface area contributed by atoms with Gasteiger partial charge in [0.1, 0.15) is 11.9 Å². The Kier molecular flexibility index (Phi) is 5.45. The number of hydrogen-bond acceptors (Lipinski definition) is 4. The highest BCUT2D eigenvalue weighted by Gasteiger charge is 2.21. The van der Waals surface area contributed by atoms with E-state index in [0.717, 1.165) is 25.3 Å². The average Bonchev–Trinajstić information content (AvgIpc) is 2.80. The molecule has 100 valence electrons. The van der Waals surface area contributed by atoms with E-state index in [4.69, 9.17) is 14.2 Å². The van der Waals surface area contributed by atoms with Gasteiger partial charge in [-0.3, -0.25) is 0 Å². The molecule has 4 nitrogen and oxygen atoms in total. The SMILES string of the molecule is COCCOCCNCC1Cc2ccccc2O1. The van der Waals surface area contributed by atoms with Crippen molar-refractivity contribution >= 4 is 0 Å². The van der Waals surface area contributed by atoms with Crippen LogP contribution in [0.25, 0.3) is 0 Å². The first-order chi connectivity index (χ1) is 8.90. The van der Waals surface area contributed by atoms with Crippen molar-refractivity contribution in [3.63, 3.8) is 0 Å². The van der Waals surface area contributed by atoms with Crippen LogP contribution in [0.2, 0.25) is 0 Å². The van der Waals surface area contributed by atoms with Gasteiger partial charge in [0, 0.05) is 26.6 Å². The summed E-state index contributed by atoms with van der Waals surface area (Å²) in [7, 11) is 1.68. The van der Waals surface area contributed by atoms with Crippen LogP contribution in [0.4, 0.5) is 0 Å². The molecule has 1 aliphatic heterocycles. The van der Waals surface area contributed by atoms with Crippen molar-refractivity contribution in [2.24, 2.45) is 0 Å². The molecule has 0 amide bonds. The van der Waals surface area contributed by atoms with E-state index in [9.17, 15) is 0 Å². The van der Waals surface area contributed by atoms with Crippen molar-refractivity contribution in [2.75, 3.05) is 40.0 Å². The fourth-order valence-corrected chi connectivity index (χ4v) is 2.02. The zero-order valence-corrected chi connectivity index (χ0v) is 10.9. The topological polar surface area (TPSA) is 39.7 Å². The maximum absolute atomic E-state index is 5.83. The first-order valence-corrected chi connectivity index (χ1v) is 6.42. The van der Waals surface area contributed by atoms with Crippen molar-refractivity contribution in [1.29, 1.82) is 0 Å². The molecule has 1 unspecified atom stereocenters. The van der Waals surface area contributed by atoms with E-state index in [2.05, 4.69) is 17.4 Å². The van der Waals surface area contributed by atoms with Gasteiger partial charge in [-0.15, -0.1) is 0 Å². The number of fused-ring (bicyclic) bond motifs is 1. The highest BCUT2D eigenvalue weighted by molar-refractivity contribution is 5.37. The van der Waals surface area contributed by atoms with Crippen LogP contribution in [0.5, 0.6) is 5.75 Å². The molecule has 18 heavy (non-hydrogen) atoms. The van der Waals surface area contributed by atoms with Crippen LogP contribution in [0.1, 0.15) is 5.56 Å². The molecule has 1 aliphatic rings. The number of methoxy groups -OCH3 is 1. The molecular formula is C14H21NO3. The van der Waals surface area contributed by atoms with Crippen LogP contribution < -0.4 is 10.1 Å². The number of hydrogen-bond donors (Lipinski definition) is 1. The molecule has 1 heterocycles. The monoisotopic (exact) mass is 251 g/mol. The summed E-state index contributed by atoms with van der Waals surface area (Å²) < 4.78 is 16.1. The van der Waals surface area contributed by atoms with Crippen LogP contribution in [0.3, 0.4) is 0 Å². The van der Waals surface area contributed by atoms with Gasteiger partial charge in [0.2, 0.25) is 0 Å². The maximum atomic E-state index is 5.83. The predicted octanol–water partition coefficient (Wildman–Crippen LogP) is 1.24. The van der Waals surface area contributed by atoms with Crippen LogP contribution in [0.15, 0.2) is 24.3 Å². The predicted molar refractivity (Wildman–Crippen MR) is 70.1 cm³/mol. The quantitative estimate of drug-likeness (QED) is 0.706. The van der Waals surface area contributed by atoms with Gasteiger partial charge in [-0.1, -0.05) is 18.2 Å². The molecule has 0 bridgehead atoms. The van der Waals surface area contributed by atoms with E-state index < -0.39 is 0 Å². The van der Waals surface area contributed by atoms with Gasteiger partial charge >= 0.3 is 0 Å². The highest BCUT2D eigenvalue weighted by atomic mass is 16.5. The molecule has 0 radical (unpaired) electrons. The average molecular weight is 251 g/mol. The van der Waals surface area contributed by atoms with Crippen molar-refractivity contribution < 1.29 is 14.2 Å². The van der Waals surface area contributed by atoms with Crippen molar-refractivity contribution in [2.45, 2.75) is 12.5 Å². The van der Waals surface area contributed by atoms with E-state index in [0.29, 0.717) is 19.8 Å². The fourth-order valence-electron chi connectivity index (χ4n) is 2.02. The number of benzene rings is 1. The van der Waals surface area contributed by atoms with Crippen LogP contribution in [0, 0.1) is 0 Å². The van der Waals surface area contributed by atoms with Gasteiger partial charge < -0.3 is 19.5 Å². The third kappa shape index (κ3) is 3.98. The zero-order chi connectivity index (χ0) is 12.6. The Labute approximate surface area is 108 Å². The lowest BCUT2D eigenvalue weighted by atomic mass is 10.1. The minimum atomic E-state index is 0.251. The van der Waals surface area contributed by atoms with Crippen molar-refractivity contribution in [3.05, 3.63) is 29.8 Å². The smallest absolute Gasteiger partial charge is 0.123 e. The fraction of sp³-hybridized carbons (Fsp3) is 0.571. The van der Waals surface area contributed by atoms with Crippen molar-refractivity contribution in [1.82, 2.24) is 5.32 Å². The van der Waals surface area contributed by atoms with E-state index >= 15 is 0 Å². The molecule has 1 aromatic carbocycles. The van der Waals surface area contributed by atoms with Gasteiger partial charge in [-0.25, -0.2) is 0 Å². The van der Waals surface area contributed by atoms with Gasteiger partial charge in [-0.2, -0.15) is 0 Å². The second kappa shape index (κ2) is 7.36. The first kappa shape index (κ1) is 13.3. The lowest BCUT2D eigenvalue weighted by Crippen LogP contribution is -2.32.